The molecule has 0 radical (unpaired) electrons. The van der Waals surface area contributed by atoms with Gasteiger partial charge in [-0.25, -0.2) is 8.42 Å². The number of carbonyl (C=O) groups excluding carboxylic acids is 1. The van der Waals surface area contributed by atoms with Gasteiger partial charge in [-0.15, -0.1) is 0 Å². The third kappa shape index (κ3) is 4.93. The smallest absolute Gasteiger partial charge is 0.232 e. The number of unbranched alkanes of at least 4 members (excludes halogenated alkanes) is 1. The number of nitrogens with one attached hydrogen (secondary N) is 1. The van der Waals surface area contributed by atoms with Gasteiger partial charge in [0.2, 0.25) is 15.9 Å². The molecule has 7 heteroatoms. The van der Waals surface area contributed by atoms with Gasteiger partial charge >= 0.3 is 0 Å². The summed E-state index contributed by atoms with van der Waals surface area (Å²) in [5.41, 5.74) is 0.927. The Hall–Kier alpha value is -1.76. The maximum atomic E-state index is 11.9. The first-order valence-electron chi connectivity index (χ1n) is 6.73. The zero-order valence-corrected chi connectivity index (χ0v) is 13.7. The SMILES string of the molecule is CCCCS(=O)(=O)Nc1ccc(OC)c(N(C)C(C)=O)c1. The van der Waals surface area contributed by atoms with Gasteiger partial charge in [0, 0.05) is 14.0 Å². The number of methoxy groups -OCH3 is 1. The van der Waals surface area contributed by atoms with Gasteiger partial charge in [-0.05, 0) is 24.6 Å². The van der Waals surface area contributed by atoms with E-state index in [1.807, 2.05) is 6.92 Å². The van der Waals surface area contributed by atoms with Gasteiger partial charge < -0.3 is 9.64 Å². The van der Waals surface area contributed by atoms with Crippen LogP contribution in [-0.2, 0) is 14.8 Å². The number of rotatable bonds is 7. The Morgan fingerprint density at radius 2 is 2.05 bits per heavy atom. The predicted molar refractivity (Wildman–Crippen MR) is 84.4 cm³/mol. The van der Waals surface area contributed by atoms with Crippen molar-refractivity contribution in [2.45, 2.75) is 26.7 Å². The van der Waals surface area contributed by atoms with Gasteiger partial charge in [0.15, 0.2) is 0 Å². The Kier molecular flexibility index (Phi) is 6.02. The number of carbonyl (C=O) groups is 1. The average molecular weight is 314 g/mol. The summed E-state index contributed by atoms with van der Waals surface area (Å²) in [5, 5.41) is 0. The van der Waals surface area contributed by atoms with Crippen LogP contribution >= 0.6 is 0 Å². The van der Waals surface area contributed by atoms with Crippen LogP contribution in [0.5, 0.6) is 5.75 Å². The third-order valence-electron chi connectivity index (χ3n) is 3.05. The van der Waals surface area contributed by atoms with Crippen molar-refractivity contribution >= 4 is 27.3 Å². The van der Waals surface area contributed by atoms with Gasteiger partial charge in [0.25, 0.3) is 0 Å². The van der Waals surface area contributed by atoms with Crippen molar-refractivity contribution in [3.8, 4) is 5.75 Å². The quantitative estimate of drug-likeness (QED) is 0.837. The largest absolute Gasteiger partial charge is 0.495 e. The van der Waals surface area contributed by atoms with Crippen molar-refractivity contribution in [2.75, 3.05) is 29.5 Å². The molecule has 1 N–H and O–H groups in total. The molecule has 118 valence electrons. The summed E-state index contributed by atoms with van der Waals surface area (Å²) in [6, 6.07) is 4.83. The lowest BCUT2D eigenvalue weighted by Gasteiger charge is -2.19. The average Bonchev–Trinajstić information content (AvgIpc) is 2.43. The van der Waals surface area contributed by atoms with E-state index in [9.17, 15) is 13.2 Å². The van der Waals surface area contributed by atoms with Crippen LogP contribution in [0.15, 0.2) is 18.2 Å². The summed E-state index contributed by atoms with van der Waals surface area (Å²) < 4.78 is 31.5. The first-order valence-corrected chi connectivity index (χ1v) is 8.38. The van der Waals surface area contributed by atoms with E-state index in [4.69, 9.17) is 4.74 Å². The van der Waals surface area contributed by atoms with Gasteiger partial charge in [0.1, 0.15) is 5.75 Å². The standard InChI is InChI=1S/C14H22N2O4S/c1-5-6-9-21(18,19)15-12-7-8-14(20-4)13(10-12)16(3)11(2)17/h7-8,10,15H,5-6,9H2,1-4H3. The van der Waals surface area contributed by atoms with Gasteiger partial charge in [-0.2, -0.15) is 0 Å². The zero-order valence-electron chi connectivity index (χ0n) is 12.8. The molecule has 0 spiro atoms. The van der Waals surface area contributed by atoms with E-state index in [-0.39, 0.29) is 11.7 Å². The Morgan fingerprint density at radius 1 is 1.38 bits per heavy atom. The molecule has 6 nitrogen and oxygen atoms in total. The maximum Gasteiger partial charge on any atom is 0.232 e. The normalized spacial score (nSPS) is 11.0. The molecule has 0 saturated carbocycles. The summed E-state index contributed by atoms with van der Waals surface area (Å²) in [4.78, 5) is 12.9. The summed E-state index contributed by atoms with van der Waals surface area (Å²) in [6.07, 6.45) is 1.41. The molecule has 0 unspecified atom stereocenters. The zero-order chi connectivity index (χ0) is 16.0. The molecule has 0 aliphatic carbocycles. The first kappa shape index (κ1) is 17.3. The fourth-order valence-electron chi connectivity index (χ4n) is 1.75. The Bertz CT molecular complexity index is 599. The highest BCUT2D eigenvalue weighted by Crippen LogP contribution is 2.31. The molecule has 0 fully saturated rings. The molecule has 0 heterocycles. The third-order valence-corrected chi connectivity index (χ3v) is 4.43. The minimum absolute atomic E-state index is 0.0768. The highest BCUT2D eigenvalue weighted by molar-refractivity contribution is 7.92. The molecule has 21 heavy (non-hydrogen) atoms. The number of hydrogen-bond acceptors (Lipinski definition) is 4. The number of hydrogen-bond donors (Lipinski definition) is 1. The number of anilines is 2. The second-order valence-electron chi connectivity index (χ2n) is 4.74. The monoisotopic (exact) mass is 314 g/mol. The summed E-state index contributed by atoms with van der Waals surface area (Å²) in [6.45, 7) is 3.36. The molecular formula is C14H22N2O4S. The van der Waals surface area contributed by atoms with Crippen molar-refractivity contribution in [2.24, 2.45) is 0 Å². The molecule has 0 atom stereocenters. The van der Waals surface area contributed by atoms with E-state index in [1.54, 1.807) is 25.2 Å². The maximum absolute atomic E-state index is 11.9. The summed E-state index contributed by atoms with van der Waals surface area (Å²) in [7, 11) is -0.269. The molecule has 1 aromatic rings. The molecule has 0 bridgehead atoms. The molecule has 0 aromatic heterocycles. The van der Waals surface area contributed by atoms with Crippen LogP contribution in [0.25, 0.3) is 0 Å². The van der Waals surface area contributed by atoms with E-state index in [1.165, 1.54) is 18.9 Å². The lowest BCUT2D eigenvalue weighted by Crippen LogP contribution is -2.24. The predicted octanol–water partition coefficient (Wildman–Crippen LogP) is 2.22. The second-order valence-corrected chi connectivity index (χ2v) is 6.58. The number of benzene rings is 1. The van der Waals surface area contributed by atoms with Gasteiger partial charge in [-0.1, -0.05) is 13.3 Å². The molecule has 1 rings (SSSR count). The second kappa shape index (κ2) is 7.31. The summed E-state index contributed by atoms with van der Waals surface area (Å²) >= 11 is 0. The molecule has 0 aliphatic heterocycles. The fraction of sp³-hybridized carbons (Fsp3) is 0.500. The summed E-state index contributed by atoms with van der Waals surface area (Å²) in [5.74, 6) is 0.413. The minimum atomic E-state index is -3.37. The molecule has 1 amide bonds. The Morgan fingerprint density at radius 3 is 2.57 bits per heavy atom. The van der Waals surface area contributed by atoms with Crippen molar-refractivity contribution in [3.05, 3.63) is 18.2 Å². The number of nitrogens with zero attached hydrogens (tertiary/aromatic N) is 1. The fourth-order valence-corrected chi connectivity index (χ4v) is 3.01. The van der Waals surface area contributed by atoms with E-state index >= 15 is 0 Å². The van der Waals surface area contributed by atoms with Crippen molar-refractivity contribution in [1.29, 1.82) is 0 Å². The van der Waals surface area contributed by atoms with Crippen LogP contribution in [0.3, 0.4) is 0 Å². The van der Waals surface area contributed by atoms with Crippen LogP contribution in [-0.4, -0.2) is 34.2 Å². The minimum Gasteiger partial charge on any atom is -0.495 e. The Labute approximate surface area is 126 Å². The lowest BCUT2D eigenvalue weighted by molar-refractivity contribution is -0.116. The van der Waals surface area contributed by atoms with Crippen molar-refractivity contribution in [1.82, 2.24) is 0 Å². The molecular weight excluding hydrogens is 292 g/mol. The molecule has 0 aliphatic rings. The van der Waals surface area contributed by atoms with Gasteiger partial charge in [-0.3, -0.25) is 9.52 Å². The number of sulfonamides is 1. The van der Waals surface area contributed by atoms with Crippen LogP contribution < -0.4 is 14.4 Å². The van der Waals surface area contributed by atoms with E-state index in [0.29, 0.717) is 23.5 Å². The topological polar surface area (TPSA) is 75.7 Å². The lowest BCUT2D eigenvalue weighted by atomic mass is 10.2. The van der Waals surface area contributed by atoms with E-state index < -0.39 is 10.0 Å². The van der Waals surface area contributed by atoms with Crippen molar-refractivity contribution < 1.29 is 17.9 Å². The van der Waals surface area contributed by atoms with Crippen molar-refractivity contribution in [3.63, 3.8) is 0 Å². The number of amides is 1. The van der Waals surface area contributed by atoms with Crippen LogP contribution in [0, 0.1) is 0 Å². The van der Waals surface area contributed by atoms with Crippen LogP contribution in [0.2, 0.25) is 0 Å². The van der Waals surface area contributed by atoms with Crippen LogP contribution in [0.4, 0.5) is 11.4 Å². The highest BCUT2D eigenvalue weighted by Gasteiger charge is 2.15. The highest BCUT2D eigenvalue weighted by atomic mass is 32.2. The number of ether oxygens (including phenoxy) is 1. The van der Waals surface area contributed by atoms with E-state index in [0.717, 1.165) is 6.42 Å². The molecule has 0 saturated heterocycles. The van der Waals surface area contributed by atoms with E-state index in [2.05, 4.69) is 4.72 Å². The van der Waals surface area contributed by atoms with Gasteiger partial charge in [0.05, 0.1) is 24.2 Å². The first-order chi connectivity index (χ1) is 9.80. The Balaban J connectivity index is 3.06. The molecule has 1 aromatic carbocycles. The van der Waals surface area contributed by atoms with Crippen LogP contribution in [0.1, 0.15) is 26.7 Å².